The van der Waals surface area contributed by atoms with Crippen molar-refractivity contribution in [2.75, 3.05) is 6.54 Å². The molecule has 1 aromatic rings. The second-order valence-electron chi connectivity index (χ2n) is 2.87. The van der Waals surface area contributed by atoms with Crippen LogP contribution in [-0.2, 0) is 11.3 Å². The molecule has 1 aromatic heterocycles. The fraction of sp³-hybridized carbons (Fsp3) is 0.444. The summed E-state index contributed by atoms with van der Waals surface area (Å²) in [5.74, 6) is -0.735. The van der Waals surface area contributed by atoms with Crippen LogP contribution in [-0.4, -0.2) is 22.6 Å². The Morgan fingerprint density at radius 2 is 2.46 bits per heavy atom. The van der Waals surface area contributed by atoms with E-state index in [1.165, 1.54) is 0 Å². The maximum Gasteiger partial charge on any atom is 0.303 e. The maximum absolute atomic E-state index is 10.2. The molecule has 0 saturated heterocycles. The lowest BCUT2D eigenvalue weighted by Crippen LogP contribution is -2.15. The summed E-state index contributed by atoms with van der Waals surface area (Å²) in [5, 5.41) is 11.5. The van der Waals surface area contributed by atoms with Crippen molar-refractivity contribution in [3.8, 4) is 0 Å². The molecule has 0 aliphatic rings. The van der Waals surface area contributed by atoms with Gasteiger partial charge in [-0.3, -0.25) is 4.79 Å². The summed E-state index contributed by atoms with van der Waals surface area (Å²) in [6.07, 6.45) is 2.78. The largest absolute Gasteiger partial charge is 0.481 e. The Morgan fingerprint density at radius 1 is 1.62 bits per heavy atom. The fourth-order valence-electron chi connectivity index (χ4n) is 1.07. The van der Waals surface area contributed by atoms with Crippen molar-refractivity contribution in [2.24, 2.45) is 0 Å². The highest BCUT2D eigenvalue weighted by Crippen LogP contribution is 1.93. The van der Waals surface area contributed by atoms with Crippen LogP contribution in [0.1, 0.15) is 18.5 Å². The van der Waals surface area contributed by atoms with Gasteiger partial charge >= 0.3 is 5.97 Å². The summed E-state index contributed by atoms with van der Waals surface area (Å²) in [6, 6.07) is 3.93. The first-order valence-electron chi connectivity index (χ1n) is 4.34. The zero-order valence-electron chi connectivity index (χ0n) is 7.42. The van der Waals surface area contributed by atoms with Crippen LogP contribution in [0.4, 0.5) is 0 Å². The van der Waals surface area contributed by atoms with Crippen LogP contribution in [0.15, 0.2) is 18.3 Å². The molecule has 0 spiro atoms. The lowest BCUT2D eigenvalue weighted by atomic mass is 10.3. The predicted molar refractivity (Wildman–Crippen MR) is 49.4 cm³/mol. The Kier molecular flexibility index (Phi) is 4.05. The number of carboxylic acids is 1. The van der Waals surface area contributed by atoms with Gasteiger partial charge in [-0.15, -0.1) is 0 Å². The number of aromatic amines is 1. The molecule has 3 N–H and O–H groups in total. The van der Waals surface area contributed by atoms with E-state index in [4.69, 9.17) is 5.11 Å². The highest BCUT2D eigenvalue weighted by molar-refractivity contribution is 5.66. The summed E-state index contributed by atoms with van der Waals surface area (Å²) in [5.41, 5.74) is 1.12. The van der Waals surface area contributed by atoms with E-state index in [1.807, 2.05) is 18.3 Å². The molecule has 0 bridgehead atoms. The van der Waals surface area contributed by atoms with Crippen molar-refractivity contribution >= 4 is 5.97 Å². The van der Waals surface area contributed by atoms with Gasteiger partial charge in [0.15, 0.2) is 0 Å². The minimum atomic E-state index is -0.735. The molecule has 13 heavy (non-hydrogen) atoms. The molecule has 0 fully saturated rings. The lowest BCUT2D eigenvalue weighted by Gasteiger charge is -2.00. The molecule has 4 heteroatoms. The first kappa shape index (κ1) is 9.80. The molecule has 0 unspecified atom stereocenters. The highest BCUT2D eigenvalue weighted by Gasteiger charge is 1.96. The number of nitrogens with one attached hydrogen (secondary N) is 2. The van der Waals surface area contributed by atoms with Crippen molar-refractivity contribution in [2.45, 2.75) is 19.4 Å². The average molecular weight is 182 g/mol. The highest BCUT2D eigenvalue weighted by atomic mass is 16.4. The van der Waals surface area contributed by atoms with E-state index < -0.39 is 5.97 Å². The third kappa shape index (κ3) is 4.32. The molecule has 0 aliphatic carbocycles. The third-order valence-corrected chi connectivity index (χ3v) is 1.72. The van der Waals surface area contributed by atoms with E-state index in [0.717, 1.165) is 18.8 Å². The predicted octanol–water partition coefficient (Wildman–Crippen LogP) is 0.969. The normalized spacial score (nSPS) is 10.2. The second-order valence-corrected chi connectivity index (χ2v) is 2.87. The second kappa shape index (κ2) is 5.37. The first-order valence-corrected chi connectivity index (χ1v) is 4.34. The zero-order chi connectivity index (χ0) is 9.52. The first-order chi connectivity index (χ1) is 6.29. The van der Waals surface area contributed by atoms with Crippen molar-refractivity contribution in [1.82, 2.24) is 10.3 Å². The molecule has 4 nitrogen and oxygen atoms in total. The quantitative estimate of drug-likeness (QED) is 0.574. The Morgan fingerprint density at radius 3 is 3.08 bits per heavy atom. The smallest absolute Gasteiger partial charge is 0.303 e. The van der Waals surface area contributed by atoms with Gasteiger partial charge in [0.1, 0.15) is 0 Å². The van der Waals surface area contributed by atoms with Crippen LogP contribution in [0.2, 0.25) is 0 Å². The monoisotopic (exact) mass is 182 g/mol. The van der Waals surface area contributed by atoms with E-state index in [9.17, 15) is 4.79 Å². The van der Waals surface area contributed by atoms with E-state index in [-0.39, 0.29) is 6.42 Å². The van der Waals surface area contributed by atoms with Crippen LogP contribution < -0.4 is 5.32 Å². The number of aromatic nitrogens is 1. The summed E-state index contributed by atoms with van der Waals surface area (Å²) < 4.78 is 0. The number of hydrogen-bond acceptors (Lipinski definition) is 2. The van der Waals surface area contributed by atoms with Crippen molar-refractivity contribution in [3.63, 3.8) is 0 Å². The van der Waals surface area contributed by atoms with Gasteiger partial charge in [0.05, 0.1) is 0 Å². The van der Waals surface area contributed by atoms with Crippen molar-refractivity contribution in [3.05, 3.63) is 24.0 Å². The van der Waals surface area contributed by atoms with Gasteiger partial charge in [0, 0.05) is 24.9 Å². The van der Waals surface area contributed by atoms with Crippen molar-refractivity contribution in [1.29, 1.82) is 0 Å². The SMILES string of the molecule is O=C(O)CCCNCc1ccc[nH]1. The minimum absolute atomic E-state index is 0.234. The van der Waals surface area contributed by atoms with Gasteiger partial charge in [0.2, 0.25) is 0 Å². The van der Waals surface area contributed by atoms with Gasteiger partial charge in [-0.05, 0) is 25.1 Å². The van der Waals surface area contributed by atoms with E-state index in [0.29, 0.717) is 6.42 Å². The van der Waals surface area contributed by atoms with Crippen LogP contribution in [0, 0.1) is 0 Å². The van der Waals surface area contributed by atoms with Gasteiger partial charge < -0.3 is 15.4 Å². The molecule has 0 aromatic carbocycles. The summed E-state index contributed by atoms with van der Waals surface area (Å²) in [6.45, 7) is 1.51. The number of rotatable bonds is 6. The van der Waals surface area contributed by atoms with Crippen LogP contribution in [0.5, 0.6) is 0 Å². The average Bonchev–Trinajstić information content (AvgIpc) is 2.55. The maximum atomic E-state index is 10.2. The molecule has 72 valence electrons. The Labute approximate surface area is 77.0 Å². The van der Waals surface area contributed by atoms with E-state index in [1.54, 1.807) is 0 Å². The molecule has 1 rings (SSSR count). The minimum Gasteiger partial charge on any atom is -0.481 e. The van der Waals surface area contributed by atoms with Crippen LogP contribution in [0.3, 0.4) is 0 Å². The third-order valence-electron chi connectivity index (χ3n) is 1.72. The van der Waals surface area contributed by atoms with Crippen LogP contribution >= 0.6 is 0 Å². The Balaban J connectivity index is 1.99. The Bertz CT molecular complexity index is 244. The number of carbonyl (C=O) groups is 1. The number of carboxylic acid groups (broad SMARTS) is 1. The standard InChI is InChI=1S/C9H14N2O2/c12-9(13)4-2-5-10-7-8-3-1-6-11-8/h1,3,6,10-11H,2,4-5,7H2,(H,12,13). The molecule has 0 amide bonds. The number of hydrogen-bond donors (Lipinski definition) is 3. The van der Waals surface area contributed by atoms with E-state index >= 15 is 0 Å². The summed E-state index contributed by atoms with van der Waals surface area (Å²) in [4.78, 5) is 13.2. The molecular formula is C9H14N2O2. The molecule has 0 radical (unpaired) electrons. The van der Waals surface area contributed by atoms with Gasteiger partial charge in [-0.2, -0.15) is 0 Å². The molecule has 0 atom stereocenters. The van der Waals surface area contributed by atoms with Crippen molar-refractivity contribution < 1.29 is 9.90 Å². The fourth-order valence-corrected chi connectivity index (χ4v) is 1.07. The Hall–Kier alpha value is -1.29. The topological polar surface area (TPSA) is 65.1 Å². The van der Waals surface area contributed by atoms with Gasteiger partial charge in [0.25, 0.3) is 0 Å². The van der Waals surface area contributed by atoms with Gasteiger partial charge in [-0.25, -0.2) is 0 Å². The molecular weight excluding hydrogens is 168 g/mol. The molecule has 0 saturated carbocycles. The molecule has 1 heterocycles. The molecule has 0 aliphatic heterocycles. The summed E-state index contributed by atoms with van der Waals surface area (Å²) >= 11 is 0. The summed E-state index contributed by atoms with van der Waals surface area (Å²) in [7, 11) is 0. The number of aliphatic carboxylic acids is 1. The zero-order valence-corrected chi connectivity index (χ0v) is 7.42. The van der Waals surface area contributed by atoms with E-state index in [2.05, 4.69) is 10.3 Å². The van der Waals surface area contributed by atoms with Gasteiger partial charge in [-0.1, -0.05) is 0 Å². The number of H-pyrrole nitrogens is 1. The lowest BCUT2D eigenvalue weighted by molar-refractivity contribution is -0.137. The van der Waals surface area contributed by atoms with Crippen LogP contribution in [0.25, 0.3) is 0 Å².